The number of carboxylic acid groups (broad SMARTS) is 1. The van der Waals surface area contributed by atoms with Crippen LogP contribution in [0, 0.1) is 0 Å². The molecule has 0 radical (unpaired) electrons. The molecule has 0 bridgehead atoms. The first-order chi connectivity index (χ1) is 15.3. The van der Waals surface area contributed by atoms with E-state index in [2.05, 4.69) is 0 Å². The zero-order chi connectivity index (χ0) is 22.7. The van der Waals surface area contributed by atoms with Gasteiger partial charge in [-0.2, -0.15) is 13.2 Å². The fourth-order valence-corrected chi connectivity index (χ4v) is 3.80. The summed E-state index contributed by atoms with van der Waals surface area (Å²) in [6.45, 7) is -0.541. The Labute approximate surface area is 182 Å². The predicted molar refractivity (Wildman–Crippen MR) is 117 cm³/mol. The number of alkyl halides is 3. The highest BCUT2D eigenvalue weighted by Gasteiger charge is 2.33. The Kier molecular flexibility index (Phi) is 5.86. The molecule has 0 spiro atoms. The van der Waals surface area contributed by atoms with Gasteiger partial charge in [-0.3, -0.25) is 0 Å². The molecule has 4 rings (SSSR count). The Balaban J connectivity index is 1.82. The molecule has 0 aliphatic rings. The summed E-state index contributed by atoms with van der Waals surface area (Å²) >= 11 is 0. The van der Waals surface area contributed by atoms with Crippen LogP contribution < -0.4 is 4.74 Å². The van der Waals surface area contributed by atoms with E-state index in [1.54, 1.807) is 12.1 Å². The number of rotatable bonds is 6. The lowest BCUT2D eigenvalue weighted by Gasteiger charge is -2.16. The molecule has 6 heteroatoms. The molecule has 0 heterocycles. The molecule has 0 saturated heterocycles. The van der Waals surface area contributed by atoms with E-state index in [0.717, 1.165) is 22.4 Å². The van der Waals surface area contributed by atoms with E-state index >= 15 is 0 Å². The van der Waals surface area contributed by atoms with Gasteiger partial charge in [0.1, 0.15) is 5.75 Å². The zero-order valence-corrected chi connectivity index (χ0v) is 16.9. The van der Waals surface area contributed by atoms with Gasteiger partial charge < -0.3 is 9.84 Å². The molecule has 32 heavy (non-hydrogen) atoms. The minimum atomic E-state index is -4.50. The molecule has 3 nitrogen and oxygen atoms in total. The first-order valence-electron chi connectivity index (χ1n) is 9.93. The molecule has 0 aliphatic carbocycles. The Bertz CT molecular complexity index is 1270. The normalized spacial score (nSPS) is 11.5. The monoisotopic (exact) mass is 436 g/mol. The van der Waals surface area contributed by atoms with Crippen molar-refractivity contribution >= 4 is 16.7 Å². The smallest absolute Gasteiger partial charge is 0.417 e. The number of carbonyl (C=O) groups is 1. The Hall–Kier alpha value is -3.80. The number of ether oxygens (including phenoxy) is 1. The van der Waals surface area contributed by atoms with Crippen molar-refractivity contribution in [3.05, 3.63) is 102 Å². The number of benzene rings is 4. The van der Waals surface area contributed by atoms with Gasteiger partial charge in [-0.05, 0) is 51.2 Å². The molecule has 0 atom stereocenters. The molecular weight excluding hydrogens is 417 g/mol. The lowest BCUT2D eigenvalue weighted by atomic mass is 9.93. The van der Waals surface area contributed by atoms with Crippen LogP contribution in [0.25, 0.3) is 21.9 Å². The summed E-state index contributed by atoms with van der Waals surface area (Å²) in [7, 11) is 0. The van der Waals surface area contributed by atoms with Gasteiger partial charge in [-0.1, -0.05) is 66.7 Å². The number of halogens is 3. The van der Waals surface area contributed by atoms with Crippen LogP contribution in [-0.2, 0) is 17.4 Å². The van der Waals surface area contributed by atoms with Crippen LogP contribution in [0.15, 0.2) is 84.9 Å². The van der Waals surface area contributed by atoms with Crippen LogP contribution in [0.2, 0.25) is 0 Å². The van der Waals surface area contributed by atoms with Gasteiger partial charge in [0, 0.05) is 6.42 Å². The van der Waals surface area contributed by atoms with Crippen molar-refractivity contribution in [1.29, 1.82) is 0 Å². The van der Waals surface area contributed by atoms with Gasteiger partial charge in [0.2, 0.25) is 0 Å². The number of carboxylic acids is 1. The third-order valence-corrected chi connectivity index (χ3v) is 5.22. The molecule has 162 valence electrons. The number of hydrogen-bond donors (Lipinski definition) is 1. The molecule has 0 fully saturated rings. The topological polar surface area (TPSA) is 46.5 Å². The van der Waals surface area contributed by atoms with Gasteiger partial charge in [0.15, 0.2) is 6.61 Å². The van der Waals surface area contributed by atoms with Crippen LogP contribution in [0.3, 0.4) is 0 Å². The molecule has 0 amide bonds. The standard InChI is InChI=1S/C26H19F3O3/c27-26(28,29)23-11-4-3-10-22(23)19-12-13-24(32-16-25(30)31)20(15-19)14-18-8-5-7-17-6-1-2-9-21(17)18/h1-13,15H,14,16H2,(H,30,31). The molecule has 4 aromatic rings. The largest absolute Gasteiger partial charge is 0.482 e. The van der Waals surface area contributed by atoms with Gasteiger partial charge in [-0.25, -0.2) is 4.79 Å². The lowest BCUT2D eigenvalue weighted by Crippen LogP contribution is -2.11. The highest BCUT2D eigenvalue weighted by molar-refractivity contribution is 5.86. The summed E-state index contributed by atoms with van der Waals surface area (Å²) in [5.74, 6) is -0.804. The average Bonchev–Trinajstić information content (AvgIpc) is 2.78. The van der Waals surface area contributed by atoms with E-state index < -0.39 is 24.3 Å². The average molecular weight is 436 g/mol. The Morgan fingerprint density at radius 2 is 1.56 bits per heavy atom. The first kappa shape index (κ1) is 21.4. The second-order valence-electron chi connectivity index (χ2n) is 7.36. The maximum Gasteiger partial charge on any atom is 0.417 e. The lowest BCUT2D eigenvalue weighted by molar-refractivity contribution is -0.139. The maximum absolute atomic E-state index is 13.6. The number of fused-ring (bicyclic) bond motifs is 1. The zero-order valence-electron chi connectivity index (χ0n) is 16.9. The highest BCUT2D eigenvalue weighted by atomic mass is 19.4. The summed E-state index contributed by atoms with van der Waals surface area (Å²) in [6.07, 6.45) is -4.12. The molecule has 0 aromatic heterocycles. The van der Waals surface area contributed by atoms with E-state index in [9.17, 15) is 18.0 Å². The van der Waals surface area contributed by atoms with E-state index in [0.29, 0.717) is 23.3 Å². The van der Waals surface area contributed by atoms with Crippen LogP contribution in [-0.4, -0.2) is 17.7 Å². The third kappa shape index (κ3) is 4.59. The van der Waals surface area contributed by atoms with Crippen molar-refractivity contribution in [1.82, 2.24) is 0 Å². The Morgan fingerprint density at radius 1 is 0.844 bits per heavy atom. The SMILES string of the molecule is O=C(O)COc1ccc(-c2ccccc2C(F)(F)F)cc1Cc1cccc2ccccc12. The number of aliphatic carboxylic acids is 1. The molecule has 0 saturated carbocycles. The van der Waals surface area contributed by atoms with Crippen molar-refractivity contribution < 1.29 is 27.8 Å². The molecular formula is C26H19F3O3. The number of hydrogen-bond acceptors (Lipinski definition) is 2. The maximum atomic E-state index is 13.6. The van der Waals surface area contributed by atoms with Crippen molar-refractivity contribution in [2.75, 3.05) is 6.61 Å². The fourth-order valence-electron chi connectivity index (χ4n) is 3.80. The van der Waals surface area contributed by atoms with Crippen LogP contribution in [0.4, 0.5) is 13.2 Å². The fraction of sp³-hybridized carbons (Fsp3) is 0.115. The minimum absolute atomic E-state index is 0.0592. The summed E-state index contributed by atoms with van der Waals surface area (Å²) in [6, 6.07) is 23.7. The second kappa shape index (κ2) is 8.75. The van der Waals surface area contributed by atoms with E-state index in [4.69, 9.17) is 9.84 Å². The summed E-state index contributed by atoms with van der Waals surface area (Å²) < 4.78 is 46.1. The van der Waals surface area contributed by atoms with E-state index in [-0.39, 0.29) is 5.56 Å². The quantitative estimate of drug-likeness (QED) is 0.371. The van der Waals surface area contributed by atoms with E-state index in [1.165, 1.54) is 24.3 Å². The van der Waals surface area contributed by atoms with Crippen molar-refractivity contribution in [3.8, 4) is 16.9 Å². The summed E-state index contributed by atoms with van der Waals surface area (Å²) in [5.41, 5.74) is 1.29. The van der Waals surface area contributed by atoms with Crippen molar-refractivity contribution in [3.63, 3.8) is 0 Å². The van der Waals surface area contributed by atoms with Gasteiger partial charge in [0.05, 0.1) is 5.56 Å². The van der Waals surface area contributed by atoms with Crippen LogP contribution in [0.5, 0.6) is 5.75 Å². The van der Waals surface area contributed by atoms with Crippen molar-refractivity contribution in [2.45, 2.75) is 12.6 Å². The van der Waals surface area contributed by atoms with Crippen LogP contribution in [0.1, 0.15) is 16.7 Å². The third-order valence-electron chi connectivity index (χ3n) is 5.22. The molecule has 0 unspecified atom stereocenters. The molecule has 1 N–H and O–H groups in total. The second-order valence-corrected chi connectivity index (χ2v) is 7.36. The summed E-state index contributed by atoms with van der Waals surface area (Å²) in [5, 5.41) is 11.1. The first-order valence-corrected chi connectivity index (χ1v) is 9.93. The summed E-state index contributed by atoms with van der Waals surface area (Å²) in [4.78, 5) is 11.0. The van der Waals surface area contributed by atoms with Gasteiger partial charge in [-0.15, -0.1) is 0 Å². The molecule has 4 aromatic carbocycles. The highest BCUT2D eigenvalue weighted by Crippen LogP contribution is 2.38. The van der Waals surface area contributed by atoms with Crippen LogP contribution >= 0.6 is 0 Å². The predicted octanol–water partition coefficient (Wildman–Crippen LogP) is 6.58. The van der Waals surface area contributed by atoms with Gasteiger partial charge in [0.25, 0.3) is 0 Å². The minimum Gasteiger partial charge on any atom is -0.482 e. The molecule has 0 aliphatic heterocycles. The van der Waals surface area contributed by atoms with Crippen molar-refractivity contribution in [2.24, 2.45) is 0 Å². The van der Waals surface area contributed by atoms with E-state index in [1.807, 2.05) is 42.5 Å². The Morgan fingerprint density at radius 3 is 2.34 bits per heavy atom. The van der Waals surface area contributed by atoms with Gasteiger partial charge >= 0.3 is 12.1 Å².